The fourth-order valence-electron chi connectivity index (χ4n) is 3.36. The van der Waals surface area contributed by atoms with Crippen LogP contribution in [0.25, 0.3) is 16.9 Å². The molecule has 0 atom stereocenters. The van der Waals surface area contributed by atoms with Gasteiger partial charge >= 0.3 is 0 Å². The normalized spacial score (nSPS) is 10.4. The Bertz CT molecular complexity index is 1370. The van der Waals surface area contributed by atoms with Crippen molar-refractivity contribution < 1.29 is 32.6 Å². The zero-order chi connectivity index (χ0) is 25.0. The van der Waals surface area contributed by atoms with E-state index in [1.54, 1.807) is 6.92 Å². The van der Waals surface area contributed by atoms with Crippen molar-refractivity contribution in [1.82, 2.24) is 14.4 Å². The summed E-state index contributed by atoms with van der Waals surface area (Å²) in [7, 11) is 1.25. The van der Waals surface area contributed by atoms with Crippen LogP contribution in [0.2, 0.25) is 0 Å². The Morgan fingerprint density at radius 2 is 1.91 bits per heavy atom. The predicted octanol–water partition coefficient (Wildman–Crippen LogP) is 3.67. The second kappa shape index (κ2) is 9.90. The summed E-state index contributed by atoms with van der Waals surface area (Å²) in [4.78, 5) is 28.2. The third-order valence-corrected chi connectivity index (χ3v) is 4.77. The van der Waals surface area contributed by atoms with Gasteiger partial charge in [-0.15, -0.1) is 0 Å². The first kappa shape index (κ1) is 24.0. The van der Waals surface area contributed by atoms with Crippen LogP contribution in [0.3, 0.4) is 0 Å². The quantitative estimate of drug-likeness (QED) is 0.377. The van der Waals surface area contributed by atoms with Crippen molar-refractivity contribution in [3.63, 3.8) is 0 Å². The highest BCUT2D eigenvalue weighted by Crippen LogP contribution is 2.31. The summed E-state index contributed by atoms with van der Waals surface area (Å²) in [5, 5.41) is 9.82. The Hall–Kier alpha value is -4.61. The fraction of sp³-hybridized carbons (Fsp3) is 0.0909. The van der Waals surface area contributed by atoms with Crippen molar-refractivity contribution >= 4 is 29.5 Å². The molecule has 2 aromatic heterocycles. The van der Waals surface area contributed by atoms with Gasteiger partial charge in [-0.25, -0.2) is 18.7 Å². The molecular weight excluding hydrogens is 455 g/mol. The first-order valence-corrected chi connectivity index (χ1v) is 9.52. The van der Waals surface area contributed by atoms with Crippen LogP contribution in [0.1, 0.15) is 15.9 Å². The van der Waals surface area contributed by atoms with Crippen molar-refractivity contribution in [2.45, 2.75) is 6.92 Å². The number of hydrogen-bond acceptors (Lipinski definition) is 6. The predicted molar refractivity (Wildman–Crippen MR) is 117 cm³/mol. The molecule has 0 aliphatic rings. The van der Waals surface area contributed by atoms with Crippen molar-refractivity contribution in [2.75, 3.05) is 12.4 Å². The number of carbonyl (C=O) groups excluding carboxylic acids is 1. The highest BCUT2D eigenvalue weighted by molar-refractivity contribution is 5.95. The maximum absolute atomic E-state index is 14.6. The number of fused-ring (bicyclic) bond motifs is 1. The topological polar surface area (TPSA) is 132 Å². The Morgan fingerprint density at radius 3 is 2.53 bits per heavy atom. The summed E-state index contributed by atoms with van der Waals surface area (Å²) < 4.78 is 49.3. The maximum atomic E-state index is 14.6. The lowest BCUT2D eigenvalue weighted by molar-refractivity contribution is -0.122. The molecule has 0 bridgehead atoms. The Balaban J connectivity index is 0.00000103. The number of imidazole rings is 1. The summed E-state index contributed by atoms with van der Waals surface area (Å²) >= 11 is 0. The molecule has 34 heavy (non-hydrogen) atoms. The molecule has 0 saturated carbocycles. The van der Waals surface area contributed by atoms with E-state index in [2.05, 4.69) is 15.3 Å². The monoisotopic (exact) mass is 473 g/mol. The SMILES string of the molecule is COc1ccc(-c2cnc3c(Nc4cc(C)c(C(N)=O)c(F)c4)nccn23)c(F)c1F.O=CO. The highest BCUT2D eigenvalue weighted by Gasteiger charge is 2.19. The third-order valence-electron chi connectivity index (χ3n) is 4.77. The average molecular weight is 473 g/mol. The van der Waals surface area contributed by atoms with Gasteiger partial charge in [0.2, 0.25) is 5.82 Å². The van der Waals surface area contributed by atoms with E-state index in [4.69, 9.17) is 20.4 Å². The molecule has 12 heteroatoms. The van der Waals surface area contributed by atoms with E-state index in [1.807, 2.05) is 0 Å². The molecule has 4 rings (SSSR count). The van der Waals surface area contributed by atoms with E-state index in [0.29, 0.717) is 16.9 Å². The summed E-state index contributed by atoms with van der Waals surface area (Å²) in [5.41, 5.74) is 6.23. The van der Waals surface area contributed by atoms with E-state index >= 15 is 0 Å². The van der Waals surface area contributed by atoms with Gasteiger partial charge in [0.15, 0.2) is 23.0 Å². The number of anilines is 2. The first-order chi connectivity index (χ1) is 16.2. The Kier molecular flexibility index (Phi) is 7.00. The van der Waals surface area contributed by atoms with Crippen LogP contribution in [-0.2, 0) is 4.79 Å². The molecule has 9 nitrogen and oxygen atoms in total. The van der Waals surface area contributed by atoms with Gasteiger partial charge in [0.25, 0.3) is 12.4 Å². The number of nitrogens with one attached hydrogen (secondary N) is 1. The van der Waals surface area contributed by atoms with E-state index in [1.165, 1.54) is 48.3 Å². The molecule has 0 saturated heterocycles. The van der Waals surface area contributed by atoms with Crippen LogP contribution < -0.4 is 15.8 Å². The van der Waals surface area contributed by atoms with Gasteiger partial charge < -0.3 is 20.9 Å². The van der Waals surface area contributed by atoms with Crippen LogP contribution in [0.5, 0.6) is 5.75 Å². The van der Waals surface area contributed by atoms with Crippen LogP contribution in [0.15, 0.2) is 42.9 Å². The second-order valence-corrected chi connectivity index (χ2v) is 6.80. The number of hydrogen-bond donors (Lipinski definition) is 3. The molecule has 0 fully saturated rings. The number of halogens is 3. The van der Waals surface area contributed by atoms with Crippen molar-refractivity contribution in [2.24, 2.45) is 5.73 Å². The van der Waals surface area contributed by atoms with Crippen LogP contribution in [0.4, 0.5) is 24.7 Å². The number of rotatable bonds is 5. The van der Waals surface area contributed by atoms with Gasteiger partial charge in [0.1, 0.15) is 5.82 Å². The Morgan fingerprint density at radius 1 is 1.21 bits per heavy atom. The molecule has 0 radical (unpaired) electrons. The third kappa shape index (κ3) is 4.46. The number of amides is 1. The molecule has 1 amide bonds. The molecule has 0 spiro atoms. The van der Waals surface area contributed by atoms with Gasteiger partial charge in [-0.05, 0) is 36.8 Å². The van der Waals surface area contributed by atoms with Crippen LogP contribution in [0, 0.1) is 24.4 Å². The number of carbonyl (C=O) groups is 2. The lowest BCUT2D eigenvalue weighted by atomic mass is 10.1. The largest absolute Gasteiger partial charge is 0.494 e. The molecule has 4 aromatic rings. The van der Waals surface area contributed by atoms with Gasteiger partial charge in [-0.1, -0.05) is 0 Å². The van der Waals surface area contributed by atoms with Crippen molar-refractivity contribution in [1.29, 1.82) is 0 Å². The molecule has 2 aromatic carbocycles. The molecule has 2 heterocycles. The number of benzene rings is 2. The number of ether oxygens (including phenoxy) is 1. The molecule has 0 aliphatic heterocycles. The number of aromatic nitrogens is 3. The molecule has 0 aliphatic carbocycles. The number of nitrogens with zero attached hydrogens (tertiary/aromatic N) is 3. The first-order valence-electron chi connectivity index (χ1n) is 9.52. The number of carboxylic acid groups (broad SMARTS) is 1. The van der Waals surface area contributed by atoms with Gasteiger partial charge in [-0.3, -0.25) is 14.0 Å². The van der Waals surface area contributed by atoms with Crippen LogP contribution >= 0.6 is 0 Å². The van der Waals surface area contributed by atoms with Gasteiger partial charge in [-0.2, -0.15) is 4.39 Å². The minimum absolute atomic E-state index is 0.0179. The summed E-state index contributed by atoms with van der Waals surface area (Å²) in [6.07, 6.45) is 4.33. The standard InChI is InChI=1S/C21H16F3N5O2.CH2O2/c1-10-7-11(8-13(22)16(10)19(25)30)28-20-21-27-9-14(29(21)6-5-26-20)12-3-4-15(31-2)18(24)17(12)23;2-1-3/h3-9H,1-2H3,(H2,25,30)(H,26,28);1H,(H,2,3). The molecular formula is C22H18F3N5O4. The maximum Gasteiger partial charge on any atom is 0.290 e. The van der Waals surface area contributed by atoms with E-state index in [-0.39, 0.29) is 34.9 Å². The summed E-state index contributed by atoms with van der Waals surface area (Å²) in [6, 6.07) is 5.35. The number of aryl methyl sites for hydroxylation is 1. The van der Waals surface area contributed by atoms with E-state index in [0.717, 1.165) is 6.07 Å². The summed E-state index contributed by atoms with van der Waals surface area (Å²) in [6.45, 7) is 1.30. The minimum Gasteiger partial charge on any atom is -0.494 e. The van der Waals surface area contributed by atoms with Crippen LogP contribution in [-0.4, -0.2) is 39.0 Å². The molecule has 176 valence electrons. The van der Waals surface area contributed by atoms with Crippen molar-refractivity contribution in [3.05, 3.63) is 71.4 Å². The number of primary amides is 1. The minimum atomic E-state index is -1.11. The molecule has 0 unspecified atom stereocenters. The average Bonchev–Trinajstić information content (AvgIpc) is 3.20. The van der Waals surface area contributed by atoms with Crippen molar-refractivity contribution in [3.8, 4) is 17.0 Å². The van der Waals surface area contributed by atoms with Gasteiger partial charge in [0.05, 0.1) is 24.6 Å². The van der Waals surface area contributed by atoms with E-state index in [9.17, 15) is 18.0 Å². The highest BCUT2D eigenvalue weighted by atomic mass is 19.2. The zero-order valence-corrected chi connectivity index (χ0v) is 17.8. The Labute approximate surface area is 190 Å². The number of nitrogens with two attached hydrogens (primary N) is 1. The smallest absolute Gasteiger partial charge is 0.290 e. The lowest BCUT2D eigenvalue weighted by Gasteiger charge is -2.11. The molecule has 4 N–H and O–H groups in total. The lowest BCUT2D eigenvalue weighted by Crippen LogP contribution is -2.15. The van der Waals surface area contributed by atoms with E-state index < -0.39 is 23.4 Å². The van der Waals surface area contributed by atoms with Gasteiger partial charge in [0, 0.05) is 23.6 Å². The summed E-state index contributed by atoms with van der Waals surface area (Å²) in [5.74, 6) is -3.80. The fourth-order valence-corrected chi connectivity index (χ4v) is 3.36. The number of methoxy groups -OCH3 is 1. The second-order valence-electron chi connectivity index (χ2n) is 6.80. The zero-order valence-electron chi connectivity index (χ0n) is 17.8.